The summed E-state index contributed by atoms with van der Waals surface area (Å²) in [5.74, 6) is -0.0769. The highest BCUT2D eigenvalue weighted by molar-refractivity contribution is 6.30. The molecule has 2 heterocycles. The number of aromatic nitrogens is 2. The van der Waals surface area contributed by atoms with Crippen LogP contribution in [0.5, 0.6) is 0 Å². The first-order valence-corrected chi connectivity index (χ1v) is 7.40. The fourth-order valence-corrected chi connectivity index (χ4v) is 2.63. The lowest BCUT2D eigenvalue weighted by molar-refractivity contribution is -0.115. The van der Waals surface area contributed by atoms with Gasteiger partial charge >= 0.3 is 0 Å². The number of pyridine rings is 1. The summed E-state index contributed by atoms with van der Waals surface area (Å²) in [6.45, 7) is 3.96. The highest BCUT2D eigenvalue weighted by Gasteiger charge is 2.10. The molecule has 0 aliphatic heterocycles. The van der Waals surface area contributed by atoms with Crippen LogP contribution in [0.3, 0.4) is 0 Å². The highest BCUT2D eigenvalue weighted by atomic mass is 35.5. The first kappa shape index (κ1) is 14.6. The second-order valence-electron chi connectivity index (χ2n) is 5.34. The van der Waals surface area contributed by atoms with Crippen molar-refractivity contribution in [2.45, 2.75) is 20.3 Å². The summed E-state index contributed by atoms with van der Waals surface area (Å²) in [6, 6.07) is 9.55. The van der Waals surface area contributed by atoms with Crippen LogP contribution in [0.2, 0.25) is 5.02 Å². The van der Waals surface area contributed by atoms with E-state index in [1.165, 1.54) is 0 Å². The number of anilines is 1. The van der Waals surface area contributed by atoms with E-state index in [4.69, 9.17) is 11.6 Å². The van der Waals surface area contributed by atoms with Crippen LogP contribution in [0.1, 0.15) is 16.8 Å². The quantitative estimate of drug-likeness (QED) is 0.799. The second kappa shape index (κ2) is 5.81. The Balaban J connectivity index is 1.78. The monoisotopic (exact) mass is 313 g/mol. The summed E-state index contributed by atoms with van der Waals surface area (Å²) in [6.07, 6.45) is 3.83. The van der Waals surface area contributed by atoms with Gasteiger partial charge in [-0.15, -0.1) is 0 Å². The molecule has 0 aliphatic carbocycles. The number of nitrogens with zero attached hydrogens (tertiary/aromatic N) is 2. The van der Waals surface area contributed by atoms with E-state index in [-0.39, 0.29) is 12.3 Å². The third-order valence-electron chi connectivity index (χ3n) is 3.55. The largest absolute Gasteiger partial charge is 0.325 e. The minimum absolute atomic E-state index is 0.0769. The first-order valence-electron chi connectivity index (χ1n) is 7.02. The molecule has 0 unspecified atom stereocenters. The van der Waals surface area contributed by atoms with E-state index >= 15 is 0 Å². The Morgan fingerprint density at radius 2 is 1.91 bits per heavy atom. The summed E-state index contributed by atoms with van der Waals surface area (Å²) < 4.78 is 1.82. The molecule has 0 spiro atoms. The maximum absolute atomic E-state index is 12.2. The standard InChI is InChI=1S/C17H16ClN3O/c1-11-4-3-5-12(2)17(11)20-16(22)8-14-10-21-9-13(18)6-7-15(21)19-14/h3-7,9-10H,8H2,1-2H3,(H,20,22). The molecule has 0 saturated carbocycles. The number of imidazole rings is 1. The normalized spacial score (nSPS) is 10.9. The maximum Gasteiger partial charge on any atom is 0.230 e. The van der Waals surface area contributed by atoms with Crippen LogP contribution < -0.4 is 5.32 Å². The van der Waals surface area contributed by atoms with Gasteiger partial charge in [0.15, 0.2) is 0 Å². The molecule has 3 rings (SSSR count). The molecule has 1 N–H and O–H groups in total. The summed E-state index contributed by atoms with van der Waals surface area (Å²) in [7, 11) is 0. The second-order valence-corrected chi connectivity index (χ2v) is 5.77. The summed E-state index contributed by atoms with van der Waals surface area (Å²) >= 11 is 5.95. The van der Waals surface area contributed by atoms with E-state index in [0.717, 1.165) is 22.5 Å². The molecule has 5 heteroatoms. The van der Waals surface area contributed by atoms with Crippen molar-refractivity contribution in [1.82, 2.24) is 9.38 Å². The number of benzene rings is 1. The number of halogens is 1. The summed E-state index contributed by atoms with van der Waals surface area (Å²) in [4.78, 5) is 16.7. The molecular weight excluding hydrogens is 298 g/mol. The molecule has 22 heavy (non-hydrogen) atoms. The predicted octanol–water partition coefficient (Wildman–Crippen LogP) is 3.79. The number of hydrogen-bond acceptors (Lipinski definition) is 2. The van der Waals surface area contributed by atoms with Crippen LogP contribution in [0.15, 0.2) is 42.7 Å². The molecule has 2 aromatic heterocycles. The molecule has 3 aromatic rings. The molecular formula is C17H16ClN3O. The Labute approximate surface area is 133 Å². The van der Waals surface area contributed by atoms with Crippen molar-refractivity contribution in [3.8, 4) is 0 Å². The molecule has 0 radical (unpaired) electrons. The molecule has 112 valence electrons. The van der Waals surface area contributed by atoms with Crippen LogP contribution in [-0.4, -0.2) is 15.3 Å². The minimum Gasteiger partial charge on any atom is -0.325 e. The number of carbonyl (C=O) groups excluding carboxylic acids is 1. The van der Waals surface area contributed by atoms with Gasteiger partial charge in [-0.3, -0.25) is 4.79 Å². The van der Waals surface area contributed by atoms with Crippen LogP contribution in [0, 0.1) is 13.8 Å². The molecule has 1 amide bonds. The van der Waals surface area contributed by atoms with Crippen LogP contribution in [-0.2, 0) is 11.2 Å². The lowest BCUT2D eigenvalue weighted by atomic mass is 10.1. The number of rotatable bonds is 3. The summed E-state index contributed by atoms with van der Waals surface area (Å²) in [5, 5.41) is 3.60. The Kier molecular flexibility index (Phi) is 3.86. The molecule has 0 atom stereocenters. The van der Waals surface area contributed by atoms with Gasteiger partial charge < -0.3 is 9.72 Å². The minimum atomic E-state index is -0.0769. The number of para-hydroxylation sites is 1. The van der Waals surface area contributed by atoms with Gasteiger partial charge in [0.05, 0.1) is 17.1 Å². The van der Waals surface area contributed by atoms with Gasteiger partial charge in [-0.25, -0.2) is 4.98 Å². The number of amides is 1. The highest BCUT2D eigenvalue weighted by Crippen LogP contribution is 2.20. The van der Waals surface area contributed by atoms with Crippen molar-refractivity contribution in [3.05, 3.63) is 64.6 Å². The zero-order valence-electron chi connectivity index (χ0n) is 12.4. The smallest absolute Gasteiger partial charge is 0.230 e. The predicted molar refractivity (Wildman–Crippen MR) is 88.5 cm³/mol. The van der Waals surface area contributed by atoms with Gasteiger partial charge in [0.2, 0.25) is 5.91 Å². The molecule has 1 aromatic carbocycles. The van der Waals surface area contributed by atoms with Crippen molar-refractivity contribution in [1.29, 1.82) is 0 Å². The number of nitrogens with one attached hydrogen (secondary N) is 1. The number of hydrogen-bond donors (Lipinski definition) is 1. The Hall–Kier alpha value is -2.33. The van der Waals surface area contributed by atoms with Crippen molar-refractivity contribution in [2.24, 2.45) is 0 Å². The number of fused-ring (bicyclic) bond motifs is 1. The van der Waals surface area contributed by atoms with Crippen molar-refractivity contribution in [2.75, 3.05) is 5.32 Å². The average molecular weight is 314 g/mol. The number of aryl methyl sites for hydroxylation is 2. The van der Waals surface area contributed by atoms with Gasteiger partial charge in [0.1, 0.15) is 5.65 Å². The molecule has 0 bridgehead atoms. The van der Waals surface area contributed by atoms with Gasteiger partial charge in [0.25, 0.3) is 0 Å². The zero-order chi connectivity index (χ0) is 15.7. The van der Waals surface area contributed by atoms with Crippen LogP contribution >= 0.6 is 11.6 Å². The SMILES string of the molecule is Cc1cccc(C)c1NC(=O)Cc1cn2cc(Cl)ccc2n1. The van der Waals surface area contributed by atoms with Crippen molar-refractivity contribution >= 4 is 28.8 Å². The molecule has 0 fully saturated rings. The fraction of sp³-hybridized carbons (Fsp3) is 0.176. The molecule has 4 nitrogen and oxygen atoms in total. The third-order valence-corrected chi connectivity index (χ3v) is 3.78. The first-order chi connectivity index (χ1) is 10.5. The molecule has 0 saturated heterocycles. The fourth-order valence-electron chi connectivity index (χ4n) is 2.46. The van der Waals surface area contributed by atoms with Crippen LogP contribution in [0.25, 0.3) is 5.65 Å². The van der Waals surface area contributed by atoms with Gasteiger partial charge in [-0.2, -0.15) is 0 Å². The maximum atomic E-state index is 12.2. The van der Waals surface area contributed by atoms with Gasteiger partial charge in [-0.1, -0.05) is 29.8 Å². The molecule has 0 aliphatic rings. The number of carbonyl (C=O) groups is 1. The van der Waals surface area contributed by atoms with E-state index in [0.29, 0.717) is 10.7 Å². The van der Waals surface area contributed by atoms with Gasteiger partial charge in [-0.05, 0) is 37.1 Å². The lowest BCUT2D eigenvalue weighted by Crippen LogP contribution is -2.16. The third kappa shape index (κ3) is 2.97. The van der Waals surface area contributed by atoms with E-state index < -0.39 is 0 Å². The van der Waals surface area contributed by atoms with Gasteiger partial charge in [0, 0.05) is 18.1 Å². The van der Waals surface area contributed by atoms with E-state index in [1.54, 1.807) is 12.3 Å². The Morgan fingerprint density at radius 1 is 1.18 bits per heavy atom. The van der Waals surface area contributed by atoms with E-state index in [1.807, 2.05) is 48.7 Å². The van der Waals surface area contributed by atoms with E-state index in [9.17, 15) is 4.79 Å². The van der Waals surface area contributed by atoms with Crippen LogP contribution in [0.4, 0.5) is 5.69 Å². The topological polar surface area (TPSA) is 46.4 Å². The Bertz CT molecular complexity index is 834. The lowest BCUT2D eigenvalue weighted by Gasteiger charge is -2.10. The van der Waals surface area contributed by atoms with Crippen molar-refractivity contribution < 1.29 is 4.79 Å². The Morgan fingerprint density at radius 3 is 2.64 bits per heavy atom. The van der Waals surface area contributed by atoms with E-state index in [2.05, 4.69) is 10.3 Å². The zero-order valence-corrected chi connectivity index (χ0v) is 13.2. The average Bonchev–Trinajstić information content (AvgIpc) is 2.84. The summed E-state index contributed by atoms with van der Waals surface area (Å²) in [5.41, 5.74) is 4.47. The van der Waals surface area contributed by atoms with Crippen molar-refractivity contribution in [3.63, 3.8) is 0 Å².